The lowest BCUT2D eigenvalue weighted by molar-refractivity contribution is -0.149. The fourth-order valence-corrected chi connectivity index (χ4v) is 1.82. The summed E-state index contributed by atoms with van der Waals surface area (Å²) in [4.78, 5) is 10.6. The molecule has 0 saturated heterocycles. The van der Waals surface area contributed by atoms with Crippen molar-refractivity contribution in [3.05, 3.63) is 34.4 Å². The number of aryl methyl sites for hydroxylation is 1. The lowest BCUT2D eigenvalue weighted by Crippen LogP contribution is -2.20. The molecule has 1 rings (SSSR count). The minimum Gasteiger partial charge on any atom is -0.479 e. The maximum Gasteiger partial charge on any atom is 0.416 e. The Bertz CT molecular complexity index is 547. The van der Waals surface area contributed by atoms with Gasteiger partial charge in [0, 0.05) is 5.56 Å². The fraction of sp³-hybridized carbons (Fsp3) is 0.417. The van der Waals surface area contributed by atoms with Gasteiger partial charge in [-0.2, -0.15) is 26.3 Å². The van der Waals surface area contributed by atoms with Crippen molar-refractivity contribution in [3.8, 4) is 0 Å². The van der Waals surface area contributed by atoms with Crippen LogP contribution in [0.5, 0.6) is 0 Å². The highest BCUT2D eigenvalue weighted by atomic mass is 19.4. The van der Waals surface area contributed by atoms with E-state index in [1.54, 1.807) is 0 Å². The summed E-state index contributed by atoms with van der Waals surface area (Å²) >= 11 is 0. The van der Waals surface area contributed by atoms with Gasteiger partial charge in [0.2, 0.25) is 0 Å². The number of alkyl halides is 6. The summed E-state index contributed by atoms with van der Waals surface area (Å²) in [5.74, 6) is -1.98. The Morgan fingerprint density at radius 3 is 1.90 bits per heavy atom. The number of carboxylic acid groups (broad SMARTS) is 1. The van der Waals surface area contributed by atoms with Gasteiger partial charge in [0.15, 0.2) is 6.10 Å². The predicted molar refractivity (Wildman–Crippen MR) is 58.4 cm³/mol. The van der Waals surface area contributed by atoms with Gasteiger partial charge in [-0.25, -0.2) is 4.79 Å². The minimum absolute atomic E-state index is 0.166. The van der Waals surface area contributed by atoms with Crippen LogP contribution in [0.25, 0.3) is 0 Å². The Labute approximate surface area is 114 Å². The molecule has 1 aromatic carbocycles. The molecule has 118 valence electrons. The second kappa shape index (κ2) is 5.55. The maximum atomic E-state index is 12.8. The number of carbonyl (C=O) groups is 1. The van der Waals surface area contributed by atoms with Gasteiger partial charge in [0.25, 0.3) is 0 Å². The Hall–Kier alpha value is -1.77. The van der Waals surface area contributed by atoms with Crippen molar-refractivity contribution in [1.29, 1.82) is 0 Å². The summed E-state index contributed by atoms with van der Waals surface area (Å²) in [6.45, 7) is 1.27. The van der Waals surface area contributed by atoms with Crippen molar-refractivity contribution in [1.82, 2.24) is 0 Å². The molecule has 0 saturated carbocycles. The molecule has 9 heteroatoms. The van der Waals surface area contributed by atoms with E-state index in [2.05, 4.69) is 0 Å². The van der Waals surface area contributed by atoms with Gasteiger partial charge in [0.1, 0.15) is 0 Å². The molecule has 1 atom stereocenters. The molecule has 0 bridgehead atoms. The summed E-state index contributed by atoms with van der Waals surface area (Å²) in [5.41, 5.74) is -4.95. The van der Waals surface area contributed by atoms with Gasteiger partial charge in [-0.05, 0) is 18.1 Å². The van der Waals surface area contributed by atoms with Crippen molar-refractivity contribution >= 4 is 5.97 Å². The molecule has 3 nitrogen and oxygen atoms in total. The first kappa shape index (κ1) is 17.3. The van der Waals surface area contributed by atoms with Gasteiger partial charge in [-0.15, -0.1) is 0 Å². The van der Waals surface area contributed by atoms with Crippen molar-refractivity contribution in [2.45, 2.75) is 31.8 Å². The zero-order chi connectivity index (χ0) is 16.6. The number of aliphatic hydroxyl groups is 1. The Morgan fingerprint density at radius 2 is 1.57 bits per heavy atom. The number of hydrogen-bond acceptors (Lipinski definition) is 2. The van der Waals surface area contributed by atoms with Crippen molar-refractivity contribution in [3.63, 3.8) is 0 Å². The van der Waals surface area contributed by atoms with Crippen molar-refractivity contribution < 1.29 is 41.4 Å². The molecule has 0 aliphatic rings. The molecule has 0 fully saturated rings. The lowest BCUT2D eigenvalue weighted by atomic mass is 9.93. The van der Waals surface area contributed by atoms with E-state index in [1.165, 1.54) is 6.92 Å². The van der Waals surface area contributed by atoms with Crippen LogP contribution in [0.3, 0.4) is 0 Å². The van der Waals surface area contributed by atoms with E-state index in [0.29, 0.717) is 6.07 Å². The molecule has 0 spiro atoms. The molecule has 2 N–H and O–H groups in total. The Morgan fingerprint density at radius 1 is 1.10 bits per heavy atom. The van der Waals surface area contributed by atoms with Crippen LogP contribution in [0.15, 0.2) is 12.1 Å². The van der Waals surface area contributed by atoms with Crippen molar-refractivity contribution in [2.24, 2.45) is 0 Å². The van der Waals surface area contributed by atoms with Crippen LogP contribution in [-0.2, 0) is 23.6 Å². The van der Waals surface area contributed by atoms with Gasteiger partial charge in [-0.3, -0.25) is 0 Å². The van der Waals surface area contributed by atoms with Gasteiger partial charge in [0.05, 0.1) is 11.1 Å². The second-order valence-corrected chi connectivity index (χ2v) is 4.19. The Balaban J connectivity index is 3.69. The average molecular weight is 316 g/mol. The summed E-state index contributed by atoms with van der Waals surface area (Å²) in [5, 5.41) is 17.9. The standard InChI is InChI=1S/C12H10F6O3/c1-2-5-3-6(9(19)10(20)21)8(12(16,17)18)4-7(5)11(13,14)15/h3-4,9,19H,2H2,1H3,(H,20,21). The molecule has 0 aliphatic carbocycles. The third kappa shape index (κ3) is 3.66. The van der Waals surface area contributed by atoms with Gasteiger partial charge in [-0.1, -0.05) is 13.0 Å². The van der Waals surface area contributed by atoms with Crippen LogP contribution in [-0.4, -0.2) is 16.2 Å². The molecule has 1 aromatic rings. The van der Waals surface area contributed by atoms with Crippen LogP contribution < -0.4 is 0 Å². The first-order chi connectivity index (χ1) is 9.39. The molecule has 21 heavy (non-hydrogen) atoms. The molecule has 0 heterocycles. The van der Waals surface area contributed by atoms with Gasteiger partial charge >= 0.3 is 18.3 Å². The molecular formula is C12H10F6O3. The highest BCUT2D eigenvalue weighted by molar-refractivity contribution is 5.75. The van der Waals surface area contributed by atoms with E-state index >= 15 is 0 Å². The quantitative estimate of drug-likeness (QED) is 0.840. The largest absolute Gasteiger partial charge is 0.479 e. The highest BCUT2D eigenvalue weighted by Gasteiger charge is 2.41. The number of aliphatic hydroxyl groups excluding tert-OH is 1. The topological polar surface area (TPSA) is 57.5 Å². The number of carboxylic acids is 1. The smallest absolute Gasteiger partial charge is 0.416 e. The zero-order valence-corrected chi connectivity index (χ0v) is 10.5. The normalized spacial score (nSPS) is 14.1. The second-order valence-electron chi connectivity index (χ2n) is 4.19. The zero-order valence-electron chi connectivity index (χ0n) is 10.5. The average Bonchev–Trinajstić information content (AvgIpc) is 2.33. The van der Waals surface area contributed by atoms with E-state index < -0.39 is 46.7 Å². The van der Waals surface area contributed by atoms with Crippen LogP contribution >= 0.6 is 0 Å². The summed E-state index contributed by atoms with van der Waals surface area (Å²) in [6, 6.07) is 0.269. The Kier molecular flexibility index (Phi) is 4.57. The number of halogens is 6. The molecule has 1 unspecified atom stereocenters. The van der Waals surface area contributed by atoms with E-state index in [1.807, 2.05) is 0 Å². The number of rotatable bonds is 3. The van der Waals surface area contributed by atoms with Crippen LogP contribution in [0.1, 0.15) is 35.3 Å². The third-order valence-electron chi connectivity index (χ3n) is 2.80. The molecule has 0 aromatic heterocycles. The number of hydrogen-bond donors (Lipinski definition) is 2. The first-order valence-electron chi connectivity index (χ1n) is 5.61. The van der Waals surface area contributed by atoms with E-state index in [9.17, 15) is 36.2 Å². The first-order valence-corrected chi connectivity index (χ1v) is 5.61. The molecule has 0 radical (unpaired) electrons. The monoisotopic (exact) mass is 316 g/mol. The van der Waals surface area contributed by atoms with E-state index in [-0.39, 0.29) is 12.5 Å². The van der Waals surface area contributed by atoms with Crippen LogP contribution in [0.2, 0.25) is 0 Å². The lowest BCUT2D eigenvalue weighted by Gasteiger charge is -2.20. The van der Waals surface area contributed by atoms with Crippen LogP contribution in [0, 0.1) is 0 Å². The maximum absolute atomic E-state index is 12.8. The van der Waals surface area contributed by atoms with Crippen molar-refractivity contribution in [2.75, 3.05) is 0 Å². The van der Waals surface area contributed by atoms with Crippen LogP contribution in [0.4, 0.5) is 26.3 Å². The fourth-order valence-electron chi connectivity index (χ4n) is 1.82. The summed E-state index contributed by atoms with van der Waals surface area (Å²) in [6.07, 6.45) is -13.1. The number of benzene rings is 1. The van der Waals surface area contributed by atoms with E-state index in [0.717, 1.165) is 0 Å². The third-order valence-corrected chi connectivity index (χ3v) is 2.80. The number of aliphatic carboxylic acids is 1. The van der Waals surface area contributed by atoms with Gasteiger partial charge < -0.3 is 10.2 Å². The minimum atomic E-state index is -5.22. The molecule has 0 aliphatic heterocycles. The molecular weight excluding hydrogens is 306 g/mol. The van der Waals surface area contributed by atoms with E-state index in [4.69, 9.17) is 5.11 Å². The summed E-state index contributed by atoms with van der Waals surface area (Å²) < 4.78 is 76.7. The SMILES string of the molecule is CCc1cc(C(O)C(=O)O)c(C(F)(F)F)cc1C(F)(F)F. The summed E-state index contributed by atoms with van der Waals surface area (Å²) in [7, 11) is 0. The highest BCUT2D eigenvalue weighted by Crippen LogP contribution is 2.41. The predicted octanol–water partition coefficient (Wildman–Crippen LogP) is 3.40. The molecule has 0 amide bonds.